The second kappa shape index (κ2) is 17.5. The molecular weight excluding hydrogens is 682 g/mol. The molecule has 2 saturated heterocycles. The largest absolute Gasteiger partial charge is 0.453 e. The normalized spacial score (nSPS) is 19.3. The first-order valence-electron chi connectivity index (χ1n) is 17.9. The number of imidazole rings is 1. The molecule has 5 rings (SSSR count). The summed E-state index contributed by atoms with van der Waals surface area (Å²) in [6.45, 7) is 6.28. The van der Waals surface area contributed by atoms with Crippen molar-refractivity contribution in [3.8, 4) is 22.4 Å². The summed E-state index contributed by atoms with van der Waals surface area (Å²) >= 11 is 0. The van der Waals surface area contributed by atoms with Gasteiger partial charge in [0.25, 0.3) is 0 Å². The Balaban J connectivity index is 1.16. The molecule has 0 aliphatic carbocycles. The molecule has 0 bridgehead atoms. The number of amides is 4. The Hall–Kier alpha value is -5.28. The van der Waals surface area contributed by atoms with Gasteiger partial charge in [-0.2, -0.15) is 0 Å². The Morgan fingerprint density at radius 3 is 2.17 bits per heavy atom. The van der Waals surface area contributed by atoms with Crippen molar-refractivity contribution in [2.75, 3.05) is 33.9 Å². The number of rotatable bonds is 13. The third kappa shape index (κ3) is 9.21. The standard InChI is InChI=1S/C38H49N7O8/c1-22(2)32(43-38(51)53-5)36(49)45-19-7-9-30(45)33-39-20-29(41-33)26-14-10-24(11-15-26)25-12-16-27(17-13-25)31(46)21-40-34(47)23(3)44-18-6-8-28(35(44)48)42-37(50)52-4/h10-17,20,22-23,28,30,32,36,49H,6-9,18-19,21H2,1-5H3,(H,39,41)(H,40,47)(H,42,50)(H,43,51)/t23-,28+,30-,32-,36?/m0/s1. The van der Waals surface area contributed by atoms with Gasteiger partial charge in [0.1, 0.15) is 24.1 Å². The number of hydrogen-bond donors (Lipinski definition) is 5. The van der Waals surface area contributed by atoms with Crippen LogP contribution in [0.25, 0.3) is 22.4 Å². The van der Waals surface area contributed by atoms with Crippen molar-refractivity contribution >= 4 is 29.8 Å². The molecule has 4 amide bonds. The van der Waals surface area contributed by atoms with Gasteiger partial charge in [-0.3, -0.25) is 19.3 Å². The quantitative estimate of drug-likeness (QED) is 0.162. The number of nitrogens with zero attached hydrogens (tertiary/aromatic N) is 3. The number of hydrogen-bond acceptors (Lipinski definition) is 10. The zero-order chi connectivity index (χ0) is 38.2. The lowest BCUT2D eigenvalue weighted by Gasteiger charge is -2.35. The lowest BCUT2D eigenvalue weighted by atomic mass is 10.0. The van der Waals surface area contributed by atoms with E-state index in [-0.39, 0.29) is 30.2 Å². The van der Waals surface area contributed by atoms with Crippen molar-refractivity contribution in [1.29, 1.82) is 0 Å². The van der Waals surface area contributed by atoms with Crippen molar-refractivity contribution in [3.63, 3.8) is 0 Å². The summed E-state index contributed by atoms with van der Waals surface area (Å²) in [5.74, 6) is -0.382. The van der Waals surface area contributed by atoms with Crippen LogP contribution in [0.5, 0.6) is 0 Å². The number of aromatic nitrogens is 2. The Bertz CT molecular complexity index is 1760. The summed E-state index contributed by atoms with van der Waals surface area (Å²) < 4.78 is 9.36. The molecule has 2 aliphatic heterocycles. The third-order valence-electron chi connectivity index (χ3n) is 10.0. The number of ketones is 1. The van der Waals surface area contributed by atoms with Crippen molar-refractivity contribution in [3.05, 3.63) is 66.1 Å². The van der Waals surface area contributed by atoms with Crippen LogP contribution in [0.1, 0.15) is 68.7 Å². The molecule has 0 spiro atoms. The number of methoxy groups -OCH3 is 2. The first-order valence-corrected chi connectivity index (χ1v) is 17.9. The predicted molar refractivity (Wildman–Crippen MR) is 195 cm³/mol. The number of carbonyl (C=O) groups excluding carboxylic acids is 5. The molecule has 2 aliphatic rings. The first-order chi connectivity index (χ1) is 25.4. The number of ether oxygens (including phenoxy) is 2. The van der Waals surface area contributed by atoms with Crippen LogP contribution in [-0.4, -0.2) is 113 Å². The molecule has 15 heteroatoms. The Labute approximate surface area is 308 Å². The fourth-order valence-electron chi connectivity index (χ4n) is 6.91. The van der Waals surface area contributed by atoms with Crippen LogP contribution in [0.4, 0.5) is 9.59 Å². The average molecular weight is 732 g/mol. The topological polar surface area (TPSA) is 195 Å². The van der Waals surface area contributed by atoms with E-state index in [4.69, 9.17) is 4.74 Å². The SMILES string of the molecule is COC(=O)N[C@@H](C(C)C)C(O)N1CCC[C@H]1c1ncc(-c2ccc(-c3ccc(C(=O)CNC(=O)[C@H](C)N4CCC[C@@H](NC(=O)OC)C4=O)cc3)cc2)[nH]1. The second-order valence-electron chi connectivity index (χ2n) is 13.7. The van der Waals surface area contributed by atoms with Gasteiger partial charge in [0.15, 0.2) is 5.78 Å². The van der Waals surface area contributed by atoms with Crippen LogP contribution in [0.3, 0.4) is 0 Å². The van der Waals surface area contributed by atoms with Crippen LogP contribution in [0, 0.1) is 5.92 Å². The molecule has 3 aromatic rings. The third-order valence-corrected chi connectivity index (χ3v) is 10.0. The number of aliphatic hydroxyl groups excluding tert-OH is 1. The van der Waals surface area contributed by atoms with E-state index in [9.17, 15) is 29.1 Å². The highest BCUT2D eigenvalue weighted by molar-refractivity contribution is 6.00. The van der Waals surface area contributed by atoms with Gasteiger partial charge in [0.2, 0.25) is 11.8 Å². The van der Waals surface area contributed by atoms with E-state index in [1.165, 1.54) is 19.1 Å². The van der Waals surface area contributed by atoms with E-state index in [1.807, 2.05) is 55.1 Å². The molecule has 284 valence electrons. The number of aromatic amines is 1. The smallest absolute Gasteiger partial charge is 0.407 e. The van der Waals surface area contributed by atoms with Crippen LogP contribution in [-0.2, 0) is 19.1 Å². The number of piperidine rings is 1. The van der Waals surface area contributed by atoms with E-state index in [0.717, 1.165) is 41.1 Å². The summed E-state index contributed by atoms with van der Waals surface area (Å²) in [5.41, 5.74) is 4.06. The lowest BCUT2D eigenvalue weighted by molar-refractivity contribution is -0.143. The zero-order valence-corrected chi connectivity index (χ0v) is 30.8. The minimum atomic E-state index is -0.914. The van der Waals surface area contributed by atoms with Gasteiger partial charge in [-0.1, -0.05) is 62.4 Å². The van der Waals surface area contributed by atoms with E-state index in [1.54, 1.807) is 25.3 Å². The molecule has 0 radical (unpaired) electrons. The Morgan fingerprint density at radius 2 is 1.53 bits per heavy atom. The maximum Gasteiger partial charge on any atom is 0.407 e. The molecule has 2 aromatic carbocycles. The number of carbonyl (C=O) groups is 5. The molecule has 2 fully saturated rings. The number of benzene rings is 2. The number of Topliss-reactive ketones (excluding diaryl/α,β-unsaturated/α-hetero) is 1. The van der Waals surface area contributed by atoms with Crippen LogP contribution < -0.4 is 16.0 Å². The summed E-state index contributed by atoms with van der Waals surface area (Å²) in [4.78, 5) is 73.7. The van der Waals surface area contributed by atoms with E-state index in [2.05, 4.69) is 30.7 Å². The minimum Gasteiger partial charge on any atom is -0.453 e. The number of aliphatic hydroxyl groups is 1. The van der Waals surface area contributed by atoms with Crippen LogP contribution >= 0.6 is 0 Å². The summed E-state index contributed by atoms with van der Waals surface area (Å²) in [6.07, 6.45) is 2.33. The lowest BCUT2D eigenvalue weighted by Crippen LogP contribution is -2.58. The fourth-order valence-corrected chi connectivity index (χ4v) is 6.91. The van der Waals surface area contributed by atoms with Gasteiger partial charge in [-0.05, 0) is 55.2 Å². The molecule has 5 N–H and O–H groups in total. The molecule has 3 heterocycles. The maximum atomic E-state index is 12.9. The number of nitrogens with one attached hydrogen (secondary N) is 4. The number of likely N-dealkylation sites (tertiary alicyclic amines) is 2. The molecule has 0 saturated carbocycles. The molecule has 1 unspecified atom stereocenters. The van der Waals surface area contributed by atoms with Gasteiger partial charge in [-0.25, -0.2) is 14.6 Å². The maximum absolute atomic E-state index is 12.9. The van der Waals surface area contributed by atoms with Crippen LogP contribution in [0.2, 0.25) is 0 Å². The van der Waals surface area contributed by atoms with Gasteiger partial charge in [0, 0.05) is 18.7 Å². The zero-order valence-electron chi connectivity index (χ0n) is 30.8. The molecule has 5 atom stereocenters. The second-order valence-corrected chi connectivity index (χ2v) is 13.7. The Morgan fingerprint density at radius 1 is 0.906 bits per heavy atom. The van der Waals surface area contributed by atoms with Crippen molar-refractivity contribution < 1.29 is 38.6 Å². The number of H-pyrrole nitrogens is 1. The minimum absolute atomic E-state index is 0.0252. The number of alkyl carbamates (subject to hydrolysis) is 2. The fraction of sp³-hybridized carbons (Fsp3) is 0.474. The van der Waals surface area contributed by atoms with Crippen molar-refractivity contribution in [1.82, 2.24) is 35.7 Å². The van der Waals surface area contributed by atoms with E-state index in [0.29, 0.717) is 31.5 Å². The van der Waals surface area contributed by atoms with Gasteiger partial charge in [-0.15, -0.1) is 0 Å². The molecular formula is C38H49N7O8. The summed E-state index contributed by atoms with van der Waals surface area (Å²) in [7, 11) is 2.52. The predicted octanol–water partition coefficient (Wildman–Crippen LogP) is 3.61. The van der Waals surface area contributed by atoms with E-state index < -0.39 is 42.4 Å². The summed E-state index contributed by atoms with van der Waals surface area (Å²) in [5, 5.41) is 19.2. The van der Waals surface area contributed by atoms with Crippen LogP contribution in [0.15, 0.2) is 54.7 Å². The van der Waals surface area contributed by atoms with E-state index >= 15 is 0 Å². The van der Waals surface area contributed by atoms with Gasteiger partial charge in [0.05, 0.1) is 44.7 Å². The van der Waals surface area contributed by atoms with Gasteiger partial charge < -0.3 is 40.4 Å². The monoisotopic (exact) mass is 731 g/mol. The highest BCUT2D eigenvalue weighted by Gasteiger charge is 2.38. The molecule has 1 aromatic heterocycles. The molecule has 53 heavy (non-hydrogen) atoms. The highest BCUT2D eigenvalue weighted by Crippen LogP contribution is 2.34. The molecule has 15 nitrogen and oxygen atoms in total. The van der Waals surface area contributed by atoms with Crippen molar-refractivity contribution in [2.45, 2.75) is 76.8 Å². The van der Waals surface area contributed by atoms with Gasteiger partial charge >= 0.3 is 12.2 Å². The summed E-state index contributed by atoms with van der Waals surface area (Å²) in [6, 6.07) is 12.8. The first kappa shape index (κ1) is 38.9. The average Bonchev–Trinajstić information content (AvgIpc) is 3.87. The highest BCUT2D eigenvalue weighted by atomic mass is 16.5. The van der Waals surface area contributed by atoms with Crippen molar-refractivity contribution in [2.24, 2.45) is 5.92 Å². The Kier molecular flexibility index (Phi) is 12.9.